The molecule has 4 heteroatoms. The second-order valence-electron chi connectivity index (χ2n) is 4.50. The molecule has 0 amide bonds. The molecule has 1 fully saturated rings. The van der Waals surface area contributed by atoms with E-state index in [0.717, 1.165) is 32.6 Å². The molecule has 1 aromatic heterocycles. The lowest BCUT2D eigenvalue weighted by Gasteiger charge is -2.20. The third-order valence-corrected chi connectivity index (χ3v) is 3.42. The van der Waals surface area contributed by atoms with Gasteiger partial charge in [0.05, 0.1) is 11.4 Å². The molecule has 1 N–H and O–H groups in total. The van der Waals surface area contributed by atoms with Crippen LogP contribution >= 0.6 is 0 Å². The first-order chi connectivity index (χ1) is 7.74. The summed E-state index contributed by atoms with van der Waals surface area (Å²) in [5, 5.41) is 7.87. The molecule has 1 saturated heterocycles. The van der Waals surface area contributed by atoms with Gasteiger partial charge in [-0.1, -0.05) is 0 Å². The standard InChI is InChI=1S/C12H21N3O/c1-9-11(8-13-2)15(3)14-12(9)10-4-6-16-7-5-10/h10,13H,4-8H2,1-3H3. The number of nitrogens with one attached hydrogen (secondary N) is 1. The largest absolute Gasteiger partial charge is 0.381 e. The monoisotopic (exact) mass is 223 g/mol. The van der Waals surface area contributed by atoms with E-state index in [2.05, 4.69) is 17.3 Å². The Morgan fingerprint density at radius 2 is 2.12 bits per heavy atom. The van der Waals surface area contributed by atoms with Crippen LogP contribution in [0.2, 0.25) is 0 Å². The average Bonchev–Trinajstić information content (AvgIpc) is 2.59. The zero-order chi connectivity index (χ0) is 11.5. The van der Waals surface area contributed by atoms with Crippen molar-refractivity contribution in [2.24, 2.45) is 7.05 Å². The molecule has 1 aliphatic rings. The van der Waals surface area contributed by atoms with Crippen molar-refractivity contribution in [3.05, 3.63) is 17.0 Å². The fraction of sp³-hybridized carbons (Fsp3) is 0.750. The second kappa shape index (κ2) is 4.97. The summed E-state index contributed by atoms with van der Waals surface area (Å²) in [7, 11) is 4.00. The highest BCUT2D eigenvalue weighted by molar-refractivity contribution is 5.27. The third kappa shape index (κ3) is 2.13. The summed E-state index contributed by atoms with van der Waals surface area (Å²) < 4.78 is 7.41. The highest BCUT2D eigenvalue weighted by Gasteiger charge is 2.22. The van der Waals surface area contributed by atoms with Crippen LogP contribution in [0, 0.1) is 6.92 Å². The van der Waals surface area contributed by atoms with Crippen molar-refractivity contribution in [2.45, 2.75) is 32.2 Å². The molecule has 0 saturated carbocycles. The van der Waals surface area contributed by atoms with E-state index < -0.39 is 0 Å². The molecular weight excluding hydrogens is 202 g/mol. The van der Waals surface area contributed by atoms with E-state index in [1.54, 1.807) is 0 Å². The Bertz CT molecular complexity index is 353. The van der Waals surface area contributed by atoms with Gasteiger partial charge in [-0.25, -0.2) is 0 Å². The zero-order valence-corrected chi connectivity index (χ0v) is 10.4. The lowest BCUT2D eigenvalue weighted by Crippen LogP contribution is -2.15. The zero-order valence-electron chi connectivity index (χ0n) is 10.4. The lowest BCUT2D eigenvalue weighted by molar-refractivity contribution is 0.0843. The maximum Gasteiger partial charge on any atom is 0.0689 e. The SMILES string of the molecule is CNCc1c(C)c(C2CCOCC2)nn1C. The van der Waals surface area contributed by atoms with Gasteiger partial charge in [0.25, 0.3) is 0 Å². The average molecular weight is 223 g/mol. The maximum absolute atomic E-state index is 5.40. The van der Waals surface area contributed by atoms with E-state index >= 15 is 0 Å². The van der Waals surface area contributed by atoms with Crippen LogP contribution in [0.25, 0.3) is 0 Å². The minimum Gasteiger partial charge on any atom is -0.381 e. The molecule has 2 heterocycles. The highest BCUT2D eigenvalue weighted by atomic mass is 16.5. The molecule has 2 rings (SSSR count). The quantitative estimate of drug-likeness (QED) is 0.840. The van der Waals surface area contributed by atoms with Gasteiger partial charge in [0.15, 0.2) is 0 Å². The number of aromatic nitrogens is 2. The van der Waals surface area contributed by atoms with Crippen molar-refractivity contribution < 1.29 is 4.74 Å². The van der Waals surface area contributed by atoms with Crippen molar-refractivity contribution >= 4 is 0 Å². The van der Waals surface area contributed by atoms with Gasteiger partial charge in [-0.2, -0.15) is 5.10 Å². The number of hydrogen-bond donors (Lipinski definition) is 1. The molecule has 4 nitrogen and oxygen atoms in total. The van der Waals surface area contributed by atoms with Crippen LogP contribution in [0.4, 0.5) is 0 Å². The van der Waals surface area contributed by atoms with Gasteiger partial charge in [0.1, 0.15) is 0 Å². The first-order valence-corrected chi connectivity index (χ1v) is 5.98. The summed E-state index contributed by atoms with van der Waals surface area (Å²) in [6.07, 6.45) is 2.22. The molecule has 1 aromatic rings. The normalized spacial score (nSPS) is 17.9. The van der Waals surface area contributed by atoms with E-state index in [1.807, 2.05) is 18.8 Å². The molecule has 0 aromatic carbocycles. The number of rotatable bonds is 3. The van der Waals surface area contributed by atoms with Gasteiger partial charge >= 0.3 is 0 Å². The Kier molecular flexibility index (Phi) is 3.61. The number of nitrogens with zero attached hydrogens (tertiary/aromatic N) is 2. The van der Waals surface area contributed by atoms with Crippen molar-refractivity contribution in [3.8, 4) is 0 Å². The Labute approximate surface area is 97.0 Å². The molecule has 90 valence electrons. The van der Waals surface area contributed by atoms with Crippen molar-refractivity contribution in [2.75, 3.05) is 20.3 Å². The van der Waals surface area contributed by atoms with Crippen LogP contribution in [-0.4, -0.2) is 30.0 Å². The van der Waals surface area contributed by atoms with Gasteiger partial charge in [-0.15, -0.1) is 0 Å². The molecule has 0 atom stereocenters. The predicted octanol–water partition coefficient (Wildman–Crippen LogP) is 1.34. The molecule has 16 heavy (non-hydrogen) atoms. The summed E-state index contributed by atoms with van der Waals surface area (Å²) >= 11 is 0. The van der Waals surface area contributed by atoms with Crippen LogP contribution in [0.3, 0.4) is 0 Å². The molecule has 0 radical (unpaired) electrons. The van der Waals surface area contributed by atoms with Gasteiger partial charge in [-0.3, -0.25) is 4.68 Å². The van der Waals surface area contributed by atoms with Crippen LogP contribution in [0.15, 0.2) is 0 Å². The summed E-state index contributed by atoms with van der Waals surface area (Å²) in [6, 6.07) is 0. The van der Waals surface area contributed by atoms with E-state index in [9.17, 15) is 0 Å². The molecule has 0 aliphatic carbocycles. The van der Waals surface area contributed by atoms with Crippen molar-refractivity contribution in [1.29, 1.82) is 0 Å². The van der Waals surface area contributed by atoms with E-state index in [4.69, 9.17) is 4.74 Å². The van der Waals surface area contributed by atoms with Gasteiger partial charge in [-0.05, 0) is 32.4 Å². The van der Waals surface area contributed by atoms with Crippen LogP contribution in [0.5, 0.6) is 0 Å². The third-order valence-electron chi connectivity index (χ3n) is 3.42. The van der Waals surface area contributed by atoms with Crippen molar-refractivity contribution in [1.82, 2.24) is 15.1 Å². The van der Waals surface area contributed by atoms with E-state index in [1.165, 1.54) is 17.0 Å². The van der Waals surface area contributed by atoms with Crippen LogP contribution in [0.1, 0.15) is 35.7 Å². The Hall–Kier alpha value is -0.870. The van der Waals surface area contributed by atoms with E-state index in [0.29, 0.717) is 5.92 Å². The lowest BCUT2D eigenvalue weighted by atomic mass is 9.93. The van der Waals surface area contributed by atoms with Gasteiger partial charge < -0.3 is 10.1 Å². The summed E-state index contributed by atoms with van der Waals surface area (Å²) in [5.74, 6) is 0.588. The Morgan fingerprint density at radius 1 is 1.44 bits per heavy atom. The minimum atomic E-state index is 0.588. The van der Waals surface area contributed by atoms with Crippen molar-refractivity contribution in [3.63, 3.8) is 0 Å². The number of hydrogen-bond acceptors (Lipinski definition) is 3. The summed E-state index contributed by atoms with van der Waals surface area (Å²) in [4.78, 5) is 0. The minimum absolute atomic E-state index is 0.588. The second-order valence-corrected chi connectivity index (χ2v) is 4.50. The fourth-order valence-electron chi connectivity index (χ4n) is 2.46. The maximum atomic E-state index is 5.40. The topological polar surface area (TPSA) is 39.1 Å². The Morgan fingerprint density at radius 3 is 2.75 bits per heavy atom. The summed E-state index contributed by atoms with van der Waals surface area (Å²) in [5.41, 5.74) is 3.92. The van der Waals surface area contributed by atoms with Gasteiger partial charge in [0.2, 0.25) is 0 Å². The number of aryl methyl sites for hydroxylation is 1. The first-order valence-electron chi connectivity index (χ1n) is 5.98. The molecular formula is C12H21N3O. The molecule has 0 unspecified atom stereocenters. The molecule has 0 bridgehead atoms. The van der Waals surface area contributed by atoms with Crippen LogP contribution in [-0.2, 0) is 18.3 Å². The highest BCUT2D eigenvalue weighted by Crippen LogP contribution is 2.29. The summed E-state index contributed by atoms with van der Waals surface area (Å²) in [6.45, 7) is 4.83. The smallest absolute Gasteiger partial charge is 0.0689 e. The van der Waals surface area contributed by atoms with E-state index in [-0.39, 0.29) is 0 Å². The fourth-order valence-corrected chi connectivity index (χ4v) is 2.46. The van der Waals surface area contributed by atoms with Crippen LogP contribution < -0.4 is 5.32 Å². The molecule has 1 aliphatic heterocycles. The van der Waals surface area contributed by atoms with Gasteiger partial charge in [0, 0.05) is 32.7 Å². The first kappa shape index (κ1) is 11.6. The molecule has 0 spiro atoms. The predicted molar refractivity (Wildman–Crippen MR) is 63.5 cm³/mol. The number of ether oxygens (including phenoxy) is 1. The Balaban J connectivity index is 2.23.